The van der Waals surface area contributed by atoms with Gasteiger partial charge in [-0.3, -0.25) is 4.79 Å². The van der Waals surface area contributed by atoms with Gasteiger partial charge in [0.25, 0.3) is 0 Å². The molecule has 1 heterocycles. The predicted molar refractivity (Wildman–Crippen MR) is 68.8 cm³/mol. The lowest BCUT2D eigenvalue weighted by molar-refractivity contribution is -0.115. The highest BCUT2D eigenvalue weighted by atomic mass is 32.2. The van der Waals surface area contributed by atoms with Crippen LogP contribution in [0.25, 0.3) is 0 Å². The van der Waals surface area contributed by atoms with Crippen molar-refractivity contribution in [3.8, 4) is 0 Å². The summed E-state index contributed by atoms with van der Waals surface area (Å²) in [5, 5.41) is 5.92. The number of carbonyl (C=O) groups is 1. The molecular weight excluding hydrogens is 239 g/mol. The van der Waals surface area contributed by atoms with Gasteiger partial charge in [-0.2, -0.15) is 11.8 Å². The molecular formula is C12H15FN2OS. The van der Waals surface area contributed by atoms with Gasteiger partial charge in [0, 0.05) is 17.5 Å². The SMILES string of the molecule is O=C(CNC1CCSC1)Nc1ccc(F)cc1. The van der Waals surface area contributed by atoms with Gasteiger partial charge in [-0.1, -0.05) is 0 Å². The first-order valence-electron chi connectivity index (χ1n) is 5.60. The molecule has 2 rings (SSSR count). The van der Waals surface area contributed by atoms with Crippen LogP contribution in [0.1, 0.15) is 6.42 Å². The van der Waals surface area contributed by atoms with E-state index in [0.29, 0.717) is 18.3 Å². The van der Waals surface area contributed by atoms with E-state index in [1.54, 1.807) is 12.1 Å². The fraction of sp³-hybridized carbons (Fsp3) is 0.417. The molecule has 1 saturated heterocycles. The van der Waals surface area contributed by atoms with E-state index in [4.69, 9.17) is 0 Å². The third-order valence-electron chi connectivity index (χ3n) is 2.61. The summed E-state index contributed by atoms with van der Waals surface area (Å²) in [4.78, 5) is 11.6. The van der Waals surface area contributed by atoms with Crippen molar-refractivity contribution in [1.82, 2.24) is 5.32 Å². The van der Waals surface area contributed by atoms with E-state index in [1.165, 1.54) is 12.1 Å². The molecule has 1 unspecified atom stereocenters. The van der Waals surface area contributed by atoms with Crippen molar-refractivity contribution in [3.05, 3.63) is 30.1 Å². The Hall–Kier alpha value is -1.07. The Morgan fingerprint density at radius 3 is 2.82 bits per heavy atom. The standard InChI is InChI=1S/C12H15FN2OS/c13-9-1-3-10(4-2-9)15-12(16)7-14-11-5-6-17-8-11/h1-4,11,14H,5-8H2,(H,15,16). The molecule has 92 valence electrons. The molecule has 0 bridgehead atoms. The van der Waals surface area contributed by atoms with E-state index in [2.05, 4.69) is 10.6 Å². The molecule has 0 spiro atoms. The third-order valence-corrected chi connectivity index (χ3v) is 3.77. The number of rotatable bonds is 4. The van der Waals surface area contributed by atoms with Crippen LogP contribution in [0.15, 0.2) is 24.3 Å². The zero-order valence-corrected chi connectivity index (χ0v) is 10.2. The normalized spacial score (nSPS) is 19.2. The number of benzene rings is 1. The zero-order valence-electron chi connectivity index (χ0n) is 9.41. The molecule has 0 aromatic heterocycles. The Morgan fingerprint density at radius 1 is 1.41 bits per heavy atom. The quantitative estimate of drug-likeness (QED) is 0.861. The number of amides is 1. The number of halogens is 1. The molecule has 1 aliphatic rings. The molecule has 17 heavy (non-hydrogen) atoms. The lowest BCUT2D eigenvalue weighted by atomic mass is 10.2. The molecule has 0 aliphatic carbocycles. The summed E-state index contributed by atoms with van der Waals surface area (Å²) in [7, 11) is 0. The lowest BCUT2D eigenvalue weighted by Crippen LogP contribution is -2.36. The summed E-state index contributed by atoms with van der Waals surface area (Å²) in [5.41, 5.74) is 0.624. The van der Waals surface area contributed by atoms with Gasteiger partial charge in [0.2, 0.25) is 5.91 Å². The average molecular weight is 254 g/mol. The van der Waals surface area contributed by atoms with Crippen LogP contribution in [-0.4, -0.2) is 30.0 Å². The van der Waals surface area contributed by atoms with Crippen LogP contribution in [0.5, 0.6) is 0 Å². The van der Waals surface area contributed by atoms with Gasteiger partial charge in [-0.25, -0.2) is 4.39 Å². The fourth-order valence-corrected chi connectivity index (χ4v) is 2.86. The largest absolute Gasteiger partial charge is 0.325 e. The fourth-order valence-electron chi connectivity index (χ4n) is 1.67. The van der Waals surface area contributed by atoms with Crippen LogP contribution in [0.3, 0.4) is 0 Å². The molecule has 1 aromatic rings. The maximum absolute atomic E-state index is 12.6. The highest BCUT2D eigenvalue weighted by Gasteiger charge is 2.15. The maximum atomic E-state index is 12.6. The monoisotopic (exact) mass is 254 g/mol. The zero-order chi connectivity index (χ0) is 12.1. The molecule has 1 fully saturated rings. The average Bonchev–Trinajstić information content (AvgIpc) is 2.83. The summed E-state index contributed by atoms with van der Waals surface area (Å²) >= 11 is 1.90. The topological polar surface area (TPSA) is 41.1 Å². The first-order chi connectivity index (χ1) is 8.24. The number of carbonyl (C=O) groups excluding carboxylic acids is 1. The molecule has 0 saturated carbocycles. The Kier molecular flexibility index (Phi) is 4.39. The van der Waals surface area contributed by atoms with Crippen molar-refractivity contribution in [1.29, 1.82) is 0 Å². The van der Waals surface area contributed by atoms with Crippen molar-refractivity contribution in [2.75, 3.05) is 23.4 Å². The van der Waals surface area contributed by atoms with Crippen LogP contribution >= 0.6 is 11.8 Å². The molecule has 3 nitrogen and oxygen atoms in total. The smallest absolute Gasteiger partial charge is 0.238 e. The van der Waals surface area contributed by atoms with Crippen LogP contribution in [0.4, 0.5) is 10.1 Å². The molecule has 2 N–H and O–H groups in total. The van der Waals surface area contributed by atoms with Gasteiger partial charge in [-0.15, -0.1) is 0 Å². The van der Waals surface area contributed by atoms with E-state index in [0.717, 1.165) is 17.9 Å². The van der Waals surface area contributed by atoms with Crippen molar-refractivity contribution in [3.63, 3.8) is 0 Å². The predicted octanol–water partition coefficient (Wildman–Crippen LogP) is 1.86. The van der Waals surface area contributed by atoms with Crippen molar-refractivity contribution < 1.29 is 9.18 Å². The van der Waals surface area contributed by atoms with Gasteiger partial charge in [0.15, 0.2) is 0 Å². The summed E-state index contributed by atoms with van der Waals surface area (Å²) < 4.78 is 12.6. The molecule has 1 amide bonds. The molecule has 0 radical (unpaired) electrons. The summed E-state index contributed by atoms with van der Waals surface area (Å²) in [5.74, 6) is 1.85. The number of nitrogens with one attached hydrogen (secondary N) is 2. The van der Waals surface area contributed by atoms with Crippen molar-refractivity contribution in [2.24, 2.45) is 0 Å². The molecule has 1 atom stereocenters. The summed E-state index contributed by atoms with van der Waals surface area (Å²) in [6.07, 6.45) is 1.12. The van der Waals surface area contributed by atoms with E-state index < -0.39 is 0 Å². The second kappa shape index (κ2) is 6.02. The molecule has 1 aromatic carbocycles. The van der Waals surface area contributed by atoms with Crippen LogP contribution in [0.2, 0.25) is 0 Å². The third kappa shape index (κ3) is 4.02. The van der Waals surface area contributed by atoms with E-state index in [1.807, 2.05) is 11.8 Å². The van der Waals surface area contributed by atoms with Gasteiger partial charge in [0.05, 0.1) is 6.54 Å². The first kappa shape index (κ1) is 12.4. The van der Waals surface area contributed by atoms with Crippen LogP contribution in [0, 0.1) is 5.82 Å². The Bertz CT molecular complexity index is 377. The number of hydrogen-bond acceptors (Lipinski definition) is 3. The maximum Gasteiger partial charge on any atom is 0.238 e. The van der Waals surface area contributed by atoms with Crippen LogP contribution in [-0.2, 0) is 4.79 Å². The Morgan fingerprint density at radius 2 is 2.18 bits per heavy atom. The Balaban J connectivity index is 1.74. The van der Waals surface area contributed by atoms with Gasteiger partial charge in [0.1, 0.15) is 5.82 Å². The molecule has 5 heteroatoms. The summed E-state index contributed by atoms with van der Waals surface area (Å²) in [6.45, 7) is 0.308. The van der Waals surface area contributed by atoms with Crippen molar-refractivity contribution in [2.45, 2.75) is 12.5 Å². The number of thioether (sulfide) groups is 1. The minimum absolute atomic E-state index is 0.0893. The molecule has 1 aliphatic heterocycles. The number of hydrogen-bond donors (Lipinski definition) is 2. The second-order valence-corrected chi connectivity index (χ2v) is 5.15. The van der Waals surface area contributed by atoms with Crippen LogP contribution < -0.4 is 10.6 Å². The van der Waals surface area contributed by atoms with Gasteiger partial charge in [-0.05, 0) is 36.4 Å². The van der Waals surface area contributed by atoms with Gasteiger partial charge >= 0.3 is 0 Å². The van der Waals surface area contributed by atoms with Crippen molar-refractivity contribution >= 4 is 23.4 Å². The van der Waals surface area contributed by atoms with E-state index in [-0.39, 0.29) is 11.7 Å². The lowest BCUT2D eigenvalue weighted by Gasteiger charge is -2.11. The minimum Gasteiger partial charge on any atom is -0.325 e. The Labute approximate surface area is 104 Å². The van der Waals surface area contributed by atoms with E-state index >= 15 is 0 Å². The highest BCUT2D eigenvalue weighted by molar-refractivity contribution is 7.99. The summed E-state index contributed by atoms with van der Waals surface area (Å²) in [6, 6.07) is 6.21. The van der Waals surface area contributed by atoms with Gasteiger partial charge < -0.3 is 10.6 Å². The minimum atomic E-state index is -0.302. The number of anilines is 1. The second-order valence-electron chi connectivity index (χ2n) is 4.00. The van der Waals surface area contributed by atoms with E-state index in [9.17, 15) is 9.18 Å². The highest BCUT2D eigenvalue weighted by Crippen LogP contribution is 2.16. The first-order valence-corrected chi connectivity index (χ1v) is 6.76.